The third-order valence-electron chi connectivity index (χ3n) is 3.94. The first-order valence-electron chi connectivity index (χ1n) is 8.34. The van der Waals surface area contributed by atoms with E-state index in [1.165, 1.54) is 0 Å². The largest absolute Gasteiger partial charge is 0.355 e. The lowest BCUT2D eigenvalue weighted by Gasteiger charge is -2.21. The van der Waals surface area contributed by atoms with Gasteiger partial charge < -0.3 is 15.2 Å². The smallest absolute Gasteiger partial charge is 0.326 e. The molecule has 8 heteroatoms. The number of hydrogen-bond donors (Lipinski definition) is 3. The minimum absolute atomic E-state index is 0.0909. The van der Waals surface area contributed by atoms with Crippen molar-refractivity contribution in [1.82, 2.24) is 20.3 Å². The molecule has 0 aliphatic heterocycles. The van der Waals surface area contributed by atoms with Crippen molar-refractivity contribution in [2.24, 2.45) is 0 Å². The number of anilines is 1. The maximum absolute atomic E-state index is 12.2. The summed E-state index contributed by atoms with van der Waals surface area (Å²) in [5.74, 6) is 0.194. The number of aromatic amines is 2. The maximum atomic E-state index is 12.2. The van der Waals surface area contributed by atoms with E-state index in [-0.39, 0.29) is 12.2 Å². The Morgan fingerprint density at radius 1 is 1.11 bits per heavy atom. The van der Waals surface area contributed by atoms with Crippen LogP contribution < -0.4 is 21.5 Å². The molecule has 0 unspecified atom stereocenters. The fourth-order valence-corrected chi connectivity index (χ4v) is 2.71. The van der Waals surface area contributed by atoms with Gasteiger partial charge in [-0.15, -0.1) is 0 Å². The van der Waals surface area contributed by atoms with E-state index < -0.39 is 17.2 Å². The van der Waals surface area contributed by atoms with Crippen LogP contribution in [-0.4, -0.2) is 27.9 Å². The summed E-state index contributed by atoms with van der Waals surface area (Å²) in [4.78, 5) is 45.6. The van der Waals surface area contributed by atoms with Crippen LogP contribution in [0.4, 0.5) is 5.82 Å². The Kier molecular flexibility index (Phi) is 5.46. The van der Waals surface area contributed by atoms with Gasteiger partial charge >= 0.3 is 5.69 Å². The molecule has 0 saturated heterocycles. The monoisotopic (exact) mass is 365 g/mol. The van der Waals surface area contributed by atoms with Gasteiger partial charge in [0, 0.05) is 38.0 Å². The van der Waals surface area contributed by atoms with Crippen molar-refractivity contribution in [3.05, 3.63) is 92.4 Å². The van der Waals surface area contributed by atoms with Crippen molar-refractivity contribution in [3.63, 3.8) is 0 Å². The van der Waals surface area contributed by atoms with E-state index in [0.717, 1.165) is 23.0 Å². The summed E-state index contributed by atoms with van der Waals surface area (Å²) in [5.41, 5.74) is 0.510. The zero-order valence-corrected chi connectivity index (χ0v) is 14.7. The van der Waals surface area contributed by atoms with Gasteiger partial charge in [-0.1, -0.05) is 36.4 Å². The van der Waals surface area contributed by atoms with E-state index in [1.807, 2.05) is 53.3 Å². The standard InChI is InChI=1S/C19H19N5O3/c1-24(12-13-6-3-2-4-7-13)17-14(8-5-9-20-17)11-21-18(26)15-10-16(25)23-19(27)22-15/h2-10H,11-12H2,1H3,(H,21,26)(H2,22,23,25,27). The molecule has 0 atom stereocenters. The molecule has 0 saturated carbocycles. The highest BCUT2D eigenvalue weighted by atomic mass is 16.2. The van der Waals surface area contributed by atoms with Gasteiger partial charge in [-0.05, 0) is 11.6 Å². The number of pyridine rings is 1. The molecule has 0 bridgehead atoms. The molecule has 2 aromatic heterocycles. The lowest BCUT2D eigenvalue weighted by Crippen LogP contribution is -2.31. The SMILES string of the molecule is CN(Cc1ccccc1)c1ncccc1CNC(=O)c1cc(=O)[nH]c(=O)[nH]1. The van der Waals surface area contributed by atoms with Crippen LogP contribution in [0.5, 0.6) is 0 Å². The predicted octanol–water partition coefficient (Wildman–Crippen LogP) is 1.02. The summed E-state index contributed by atoms with van der Waals surface area (Å²) < 4.78 is 0. The van der Waals surface area contributed by atoms with Crippen LogP contribution in [0, 0.1) is 0 Å². The second-order valence-corrected chi connectivity index (χ2v) is 6.01. The first-order chi connectivity index (χ1) is 13.0. The molecule has 1 amide bonds. The number of carbonyl (C=O) groups is 1. The van der Waals surface area contributed by atoms with Crippen LogP contribution in [0.25, 0.3) is 0 Å². The summed E-state index contributed by atoms with van der Waals surface area (Å²) in [5, 5.41) is 2.70. The first-order valence-corrected chi connectivity index (χ1v) is 8.34. The number of nitrogens with one attached hydrogen (secondary N) is 3. The van der Waals surface area contributed by atoms with Crippen molar-refractivity contribution in [2.45, 2.75) is 13.1 Å². The van der Waals surface area contributed by atoms with Crippen LogP contribution in [0.3, 0.4) is 0 Å². The molecule has 0 spiro atoms. The molecule has 3 rings (SSSR count). The normalized spacial score (nSPS) is 10.4. The first kappa shape index (κ1) is 18.1. The van der Waals surface area contributed by atoms with Crippen molar-refractivity contribution in [2.75, 3.05) is 11.9 Å². The minimum atomic E-state index is -0.725. The van der Waals surface area contributed by atoms with Gasteiger partial charge in [-0.3, -0.25) is 14.6 Å². The fourth-order valence-electron chi connectivity index (χ4n) is 2.71. The lowest BCUT2D eigenvalue weighted by molar-refractivity contribution is 0.0945. The van der Waals surface area contributed by atoms with Gasteiger partial charge in [0.15, 0.2) is 0 Å². The zero-order chi connectivity index (χ0) is 19.2. The van der Waals surface area contributed by atoms with Crippen molar-refractivity contribution in [3.8, 4) is 0 Å². The van der Waals surface area contributed by atoms with Crippen molar-refractivity contribution < 1.29 is 4.79 Å². The molecule has 27 heavy (non-hydrogen) atoms. The average Bonchev–Trinajstić information content (AvgIpc) is 2.66. The molecule has 2 heterocycles. The Labute approximate surface area is 154 Å². The van der Waals surface area contributed by atoms with Gasteiger partial charge in [-0.25, -0.2) is 9.78 Å². The molecule has 138 valence electrons. The molecular weight excluding hydrogens is 346 g/mol. The Morgan fingerprint density at radius 2 is 1.89 bits per heavy atom. The minimum Gasteiger partial charge on any atom is -0.355 e. The molecule has 0 fully saturated rings. The molecule has 0 radical (unpaired) electrons. The lowest BCUT2D eigenvalue weighted by atomic mass is 10.2. The number of hydrogen-bond acceptors (Lipinski definition) is 5. The van der Waals surface area contributed by atoms with Crippen LogP contribution in [-0.2, 0) is 13.1 Å². The quantitative estimate of drug-likeness (QED) is 0.604. The maximum Gasteiger partial charge on any atom is 0.326 e. The highest BCUT2D eigenvalue weighted by molar-refractivity contribution is 5.92. The Hall–Kier alpha value is -3.68. The second-order valence-electron chi connectivity index (χ2n) is 6.01. The average molecular weight is 365 g/mol. The summed E-state index contributed by atoms with van der Waals surface area (Å²) in [6, 6.07) is 14.7. The third kappa shape index (κ3) is 4.69. The van der Waals surface area contributed by atoms with E-state index in [2.05, 4.69) is 15.3 Å². The van der Waals surface area contributed by atoms with E-state index in [4.69, 9.17) is 0 Å². The zero-order valence-electron chi connectivity index (χ0n) is 14.7. The third-order valence-corrected chi connectivity index (χ3v) is 3.94. The van der Waals surface area contributed by atoms with Gasteiger partial charge in [0.05, 0.1) is 0 Å². The number of H-pyrrole nitrogens is 2. The van der Waals surface area contributed by atoms with Gasteiger partial charge in [0.2, 0.25) is 0 Å². The second kappa shape index (κ2) is 8.13. The summed E-state index contributed by atoms with van der Waals surface area (Å²) in [7, 11) is 1.93. The molecule has 0 aliphatic rings. The molecule has 0 aliphatic carbocycles. The van der Waals surface area contributed by atoms with E-state index in [9.17, 15) is 14.4 Å². The number of nitrogens with zero attached hydrogens (tertiary/aromatic N) is 2. The predicted molar refractivity (Wildman–Crippen MR) is 102 cm³/mol. The van der Waals surface area contributed by atoms with Crippen LogP contribution in [0.1, 0.15) is 21.6 Å². The Morgan fingerprint density at radius 3 is 2.63 bits per heavy atom. The topological polar surface area (TPSA) is 111 Å². The Balaban J connectivity index is 1.73. The highest BCUT2D eigenvalue weighted by Crippen LogP contribution is 2.18. The summed E-state index contributed by atoms with van der Waals surface area (Å²) in [6.07, 6.45) is 1.69. The van der Waals surface area contributed by atoms with E-state index in [1.54, 1.807) is 12.3 Å². The number of carbonyl (C=O) groups excluding carboxylic acids is 1. The van der Waals surface area contributed by atoms with Crippen molar-refractivity contribution in [1.29, 1.82) is 0 Å². The van der Waals surface area contributed by atoms with E-state index in [0.29, 0.717) is 6.54 Å². The number of rotatable bonds is 6. The Bertz CT molecular complexity index is 1010. The summed E-state index contributed by atoms with van der Waals surface area (Å²) >= 11 is 0. The van der Waals surface area contributed by atoms with E-state index >= 15 is 0 Å². The number of amides is 1. The summed E-state index contributed by atoms with van der Waals surface area (Å²) in [6.45, 7) is 0.871. The van der Waals surface area contributed by atoms with Gasteiger partial charge in [0.1, 0.15) is 11.5 Å². The number of aromatic nitrogens is 3. The molecule has 1 aromatic carbocycles. The van der Waals surface area contributed by atoms with Crippen molar-refractivity contribution >= 4 is 11.7 Å². The number of benzene rings is 1. The van der Waals surface area contributed by atoms with Crippen LogP contribution >= 0.6 is 0 Å². The van der Waals surface area contributed by atoms with Crippen LogP contribution in [0.2, 0.25) is 0 Å². The molecule has 3 aromatic rings. The van der Waals surface area contributed by atoms with Crippen LogP contribution in [0.15, 0.2) is 64.3 Å². The van der Waals surface area contributed by atoms with Gasteiger partial charge in [0.25, 0.3) is 11.5 Å². The fraction of sp³-hybridized carbons (Fsp3) is 0.158. The molecule has 3 N–H and O–H groups in total. The molecular formula is C19H19N5O3. The van der Waals surface area contributed by atoms with Gasteiger partial charge in [-0.2, -0.15) is 0 Å². The highest BCUT2D eigenvalue weighted by Gasteiger charge is 2.12. The molecule has 8 nitrogen and oxygen atoms in total.